The van der Waals surface area contributed by atoms with Gasteiger partial charge in [-0.1, -0.05) is 43.1 Å². The Balaban J connectivity index is 2.20. The highest BCUT2D eigenvalue weighted by Crippen LogP contribution is 2.29. The Hall–Kier alpha value is -2.97. The molecule has 0 unspecified atom stereocenters. The zero-order valence-electron chi connectivity index (χ0n) is 15.3. The smallest absolute Gasteiger partial charge is 0.266 e. The quantitative estimate of drug-likeness (QED) is 0.391. The molecule has 0 fully saturated rings. The van der Waals surface area contributed by atoms with Crippen molar-refractivity contribution in [1.82, 2.24) is 0 Å². The third-order valence-corrected chi connectivity index (χ3v) is 4.07. The van der Waals surface area contributed by atoms with Crippen molar-refractivity contribution in [2.45, 2.75) is 19.8 Å². The lowest BCUT2D eigenvalue weighted by Gasteiger charge is -2.11. The number of unbranched alkanes of at least 4 members (excludes halogenated alkanes) is 1. The average Bonchev–Trinajstić information content (AvgIpc) is 2.68. The second kappa shape index (κ2) is 10.2. The normalized spacial score (nSPS) is 10.8. The SMILES string of the molecule is CCCCOc1ccc(C=C(C#N)C(=O)Nc2ccccc2Cl)cc1OC. The van der Waals surface area contributed by atoms with E-state index in [-0.39, 0.29) is 5.57 Å². The van der Waals surface area contributed by atoms with E-state index < -0.39 is 5.91 Å². The Labute approximate surface area is 164 Å². The zero-order chi connectivity index (χ0) is 19.6. The van der Waals surface area contributed by atoms with Crippen molar-refractivity contribution in [3.8, 4) is 17.6 Å². The molecule has 6 heteroatoms. The van der Waals surface area contributed by atoms with Gasteiger partial charge < -0.3 is 14.8 Å². The van der Waals surface area contributed by atoms with Gasteiger partial charge in [0.1, 0.15) is 11.6 Å². The standard InChI is InChI=1S/C21H21ClN2O3/c1-3-4-11-27-19-10-9-15(13-20(19)26-2)12-16(14-23)21(25)24-18-8-6-5-7-17(18)22/h5-10,12-13H,3-4,11H2,1-2H3,(H,24,25). The lowest BCUT2D eigenvalue weighted by atomic mass is 10.1. The third kappa shape index (κ3) is 5.77. The Morgan fingerprint density at radius 2 is 2.04 bits per heavy atom. The molecule has 0 saturated heterocycles. The molecule has 0 heterocycles. The van der Waals surface area contributed by atoms with E-state index in [4.69, 9.17) is 21.1 Å². The number of hydrogen-bond donors (Lipinski definition) is 1. The number of anilines is 1. The highest BCUT2D eigenvalue weighted by Gasteiger charge is 2.12. The fourth-order valence-corrected chi connectivity index (χ4v) is 2.47. The molecule has 1 amide bonds. The maximum atomic E-state index is 12.4. The Morgan fingerprint density at radius 1 is 1.26 bits per heavy atom. The van der Waals surface area contributed by atoms with Gasteiger partial charge >= 0.3 is 0 Å². The first-order valence-corrected chi connectivity index (χ1v) is 8.95. The van der Waals surface area contributed by atoms with Gasteiger partial charge in [-0.2, -0.15) is 5.26 Å². The van der Waals surface area contributed by atoms with Crippen molar-refractivity contribution in [3.63, 3.8) is 0 Å². The Bertz CT molecular complexity index is 872. The number of nitriles is 1. The summed E-state index contributed by atoms with van der Waals surface area (Å²) in [6.45, 7) is 2.69. The topological polar surface area (TPSA) is 71.3 Å². The number of carbonyl (C=O) groups excluding carboxylic acids is 1. The van der Waals surface area contributed by atoms with Crippen LogP contribution in [0.4, 0.5) is 5.69 Å². The molecule has 27 heavy (non-hydrogen) atoms. The summed E-state index contributed by atoms with van der Waals surface area (Å²) in [5, 5.41) is 12.4. The van der Waals surface area contributed by atoms with Crippen molar-refractivity contribution >= 4 is 29.3 Å². The van der Waals surface area contributed by atoms with Crippen molar-refractivity contribution < 1.29 is 14.3 Å². The molecule has 0 bridgehead atoms. The Kier molecular flexibility index (Phi) is 7.72. The van der Waals surface area contributed by atoms with Crippen LogP contribution in [0.2, 0.25) is 5.02 Å². The average molecular weight is 385 g/mol. The van der Waals surface area contributed by atoms with Gasteiger partial charge in [0.2, 0.25) is 0 Å². The number of ether oxygens (including phenoxy) is 2. The van der Waals surface area contributed by atoms with E-state index in [0.29, 0.717) is 34.4 Å². The lowest BCUT2D eigenvalue weighted by Crippen LogP contribution is -2.13. The highest BCUT2D eigenvalue weighted by atomic mass is 35.5. The molecule has 5 nitrogen and oxygen atoms in total. The molecule has 140 valence electrons. The number of amides is 1. The molecule has 1 N–H and O–H groups in total. The first-order chi connectivity index (χ1) is 13.1. The van der Waals surface area contributed by atoms with E-state index in [1.807, 2.05) is 6.07 Å². The second-order valence-corrected chi connectivity index (χ2v) is 6.12. The van der Waals surface area contributed by atoms with Crippen LogP contribution in [-0.2, 0) is 4.79 Å². The second-order valence-electron chi connectivity index (χ2n) is 5.72. The van der Waals surface area contributed by atoms with Crippen LogP contribution in [0, 0.1) is 11.3 Å². The molecule has 0 atom stereocenters. The van der Waals surface area contributed by atoms with E-state index in [2.05, 4.69) is 12.2 Å². The van der Waals surface area contributed by atoms with Crippen LogP contribution in [0.3, 0.4) is 0 Å². The van der Waals surface area contributed by atoms with Crippen LogP contribution in [-0.4, -0.2) is 19.6 Å². The summed E-state index contributed by atoms with van der Waals surface area (Å²) < 4.78 is 11.0. The molecule has 0 aliphatic rings. The number of hydrogen-bond acceptors (Lipinski definition) is 4. The summed E-state index contributed by atoms with van der Waals surface area (Å²) >= 11 is 6.04. The predicted octanol–water partition coefficient (Wildman–Crippen LogP) is 5.07. The van der Waals surface area contributed by atoms with Crippen LogP contribution >= 0.6 is 11.6 Å². The number of methoxy groups -OCH3 is 1. The fourth-order valence-electron chi connectivity index (χ4n) is 2.29. The summed E-state index contributed by atoms with van der Waals surface area (Å²) in [6.07, 6.45) is 3.48. The molecule has 0 spiro atoms. The maximum absolute atomic E-state index is 12.4. The van der Waals surface area contributed by atoms with Gasteiger partial charge in [-0.3, -0.25) is 4.79 Å². The van der Waals surface area contributed by atoms with Crippen LogP contribution in [0.25, 0.3) is 6.08 Å². The number of para-hydroxylation sites is 1. The van der Waals surface area contributed by atoms with Crippen LogP contribution in [0.15, 0.2) is 48.0 Å². The number of halogens is 1. The van der Waals surface area contributed by atoms with Gasteiger partial charge in [0.15, 0.2) is 11.5 Å². The maximum Gasteiger partial charge on any atom is 0.266 e. The van der Waals surface area contributed by atoms with Gasteiger partial charge in [-0.05, 0) is 42.3 Å². The molecular weight excluding hydrogens is 364 g/mol. The van der Waals surface area contributed by atoms with Gasteiger partial charge in [0, 0.05) is 0 Å². The summed E-state index contributed by atoms with van der Waals surface area (Å²) in [4.78, 5) is 12.4. The van der Waals surface area contributed by atoms with Gasteiger partial charge in [0.25, 0.3) is 5.91 Å². The molecule has 0 saturated carbocycles. The first kappa shape index (κ1) is 20.3. The van der Waals surface area contributed by atoms with Crippen molar-refractivity contribution in [1.29, 1.82) is 5.26 Å². The van der Waals surface area contributed by atoms with Crippen molar-refractivity contribution in [3.05, 3.63) is 58.6 Å². The van der Waals surface area contributed by atoms with Crippen LogP contribution in [0.5, 0.6) is 11.5 Å². The van der Waals surface area contributed by atoms with Gasteiger partial charge in [-0.15, -0.1) is 0 Å². The number of nitrogens with one attached hydrogen (secondary N) is 1. The molecule has 0 aliphatic carbocycles. The van der Waals surface area contributed by atoms with Gasteiger partial charge in [-0.25, -0.2) is 0 Å². The number of nitrogens with zero attached hydrogens (tertiary/aromatic N) is 1. The molecule has 2 aromatic rings. The molecule has 0 aliphatic heterocycles. The molecule has 0 aromatic heterocycles. The minimum absolute atomic E-state index is 0.0448. The summed E-state index contributed by atoms with van der Waals surface area (Å²) in [5.41, 5.74) is 1.06. The number of carbonyl (C=O) groups is 1. The van der Waals surface area contributed by atoms with E-state index >= 15 is 0 Å². The van der Waals surface area contributed by atoms with Crippen LogP contribution in [0.1, 0.15) is 25.3 Å². The third-order valence-electron chi connectivity index (χ3n) is 3.74. The fraction of sp³-hybridized carbons (Fsp3) is 0.238. The minimum atomic E-state index is -0.534. The summed E-state index contributed by atoms with van der Waals surface area (Å²) in [7, 11) is 1.55. The van der Waals surface area contributed by atoms with Crippen LogP contribution < -0.4 is 14.8 Å². The lowest BCUT2D eigenvalue weighted by molar-refractivity contribution is -0.112. The van der Waals surface area contributed by atoms with E-state index in [9.17, 15) is 10.1 Å². The molecule has 0 radical (unpaired) electrons. The largest absolute Gasteiger partial charge is 0.493 e. The molecular formula is C21H21ClN2O3. The highest BCUT2D eigenvalue weighted by molar-refractivity contribution is 6.34. The summed E-state index contributed by atoms with van der Waals surface area (Å²) in [6, 6.07) is 14.0. The van der Waals surface area contributed by atoms with Gasteiger partial charge in [0.05, 0.1) is 24.4 Å². The predicted molar refractivity (Wildman–Crippen MR) is 107 cm³/mol. The first-order valence-electron chi connectivity index (χ1n) is 8.57. The van der Waals surface area contributed by atoms with E-state index in [1.165, 1.54) is 6.08 Å². The van der Waals surface area contributed by atoms with Crippen molar-refractivity contribution in [2.75, 3.05) is 19.0 Å². The van der Waals surface area contributed by atoms with Crippen molar-refractivity contribution in [2.24, 2.45) is 0 Å². The minimum Gasteiger partial charge on any atom is -0.493 e. The van der Waals surface area contributed by atoms with E-state index in [0.717, 1.165) is 12.8 Å². The Morgan fingerprint density at radius 3 is 2.70 bits per heavy atom. The summed E-state index contributed by atoms with van der Waals surface area (Å²) in [5.74, 6) is 0.638. The van der Waals surface area contributed by atoms with E-state index in [1.54, 1.807) is 49.6 Å². The zero-order valence-corrected chi connectivity index (χ0v) is 16.0. The monoisotopic (exact) mass is 384 g/mol. The molecule has 2 rings (SSSR count). The number of benzene rings is 2. The molecule has 2 aromatic carbocycles. The number of rotatable bonds is 8.